The molecule has 0 bridgehead atoms. The summed E-state index contributed by atoms with van der Waals surface area (Å²) < 4.78 is 11.5. The quantitative estimate of drug-likeness (QED) is 0.371. The Morgan fingerprint density at radius 2 is 1.96 bits per heavy atom. The average molecular weight is 505 g/mol. The van der Waals surface area contributed by atoms with Gasteiger partial charge >= 0.3 is 0 Å². The number of halogens is 2. The van der Waals surface area contributed by atoms with Gasteiger partial charge in [-0.15, -0.1) is 0 Å². The molecule has 2 aromatic carbocycles. The van der Waals surface area contributed by atoms with Crippen molar-refractivity contribution in [1.82, 2.24) is 5.43 Å². The highest BCUT2D eigenvalue weighted by atomic mass is 127. The molecule has 8 heteroatoms. The van der Waals surface area contributed by atoms with E-state index in [1.807, 2.05) is 22.6 Å². The minimum absolute atomic E-state index is 0.0716. The lowest BCUT2D eigenvalue weighted by atomic mass is 10.2. The lowest BCUT2D eigenvalue weighted by Gasteiger charge is -2.07. The average Bonchev–Trinajstić information content (AvgIpc) is 2.57. The maximum Gasteiger partial charge on any atom is 0.271 e. The number of nitrogens with zero attached hydrogens (tertiary/aromatic N) is 1. The van der Waals surface area contributed by atoms with Crippen molar-refractivity contribution >= 4 is 50.6 Å². The van der Waals surface area contributed by atoms with Gasteiger partial charge in [-0.3, -0.25) is 4.79 Å². The van der Waals surface area contributed by atoms with Crippen LogP contribution < -0.4 is 14.9 Å². The summed E-state index contributed by atoms with van der Waals surface area (Å²) >= 11 is 5.32. The van der Waals surface area contributed by atoms with E-state index in [2.05, 4.69) is 26.5 Å². The molecule has 0 atom stereocenters. The number of amides is 1. The number of aromatic hydroxyl groups is 1. The monoisotopic (exact) mass is 504 g/mol. The highest BCUT2D eigenvalue weighted by Gasteiger charge is 2.09. The first-order valence-electron chi connectivity index (χ1n) is 6.69. The summed E-state index contributed by atoms with van der Waals surface area (Å²) in [6.45, 7) is 0. The maximum absolute atomic E-state index is 12.1. The number of rotatable bonds is 5. The van der Waals surface area contributed by atoms with Gasteiger partial charge in [0.2, 0.25) is 0 Å². The van der Waals surface area contributed by atoms with Crippen molar-refractivity contribution < 1.29 is 19.4 Å². The summed E-state index contributed by atoms with van der Waals surface area (Å²) in [6.07, 6.45) is 1.47. The number of phenols is 1. The van der Waals surface area contributed by atoms with Gasteiger partial charge in [0.1, 0.15) is 5.75 Å². The molecular weight excluding hydrogens is 491 g/mol. The molecule has 0 fully saturated rings. The molecule has 6 nitrogen and oxygen atoms in total. The third-order valence-electron chi connectivity index (χ3n) is 3.06. The predicted molar refractivity (Wildman–Crippen MR) is 103 cm³/mol. The number of hydrazone groups is 1. The summed E-state index contributed by atoms with van der Waals surface area (Å²) in [5, 5.41) is 13.7. The Kier molecular flexibility index (Phi) is 6.44. The van der Waals surface area contributed by atoms with Gasteiger partial charge in [-0.2, -0.15) is 5.10 Å². The Morgan fingerprint density at radius 3 is 2.58 bits per heavy atom. The van der Waals surface area contributed by atoms with Crippen LogP contribution in [0.1, 0.15) is 15.9 Å². The first kappa shape index (κ1) is 18.5. The lowest BCUT2D eigenvalue weighted by Crippen LogP contribution is -2.17. The third kappa shape index (κ3) is 4.38. The van der Waals surface area contributed by atoms with E-state index in [9.17, 15) is 9.90 Å². The fourth-order valence-corrected chi connectivity index (χ4v) is 3.03. The summed E-state index contributed by atoms with van der Waals surface area (Å²) in [5.74, 6) is 0.701. The van der Waals surface area contributed by atoms with Crippen molar-refractivity contribution in [3.8, 4) is 17.2 Å². The minimum Gasteiger partial charge on any atom is -0.504 e. The van der Waals surface area contributed by atoms with Crippen molar-refractivity contribution in [2.75, 3.05) is 14.2 Å². The number of carbonyl (C=O) groups excluding carboxylic acids is 1. The van der Waals surface area contributed by atoms with E-state index in [-0.39, 0.29) is 11.7 Å². The molecule has 0 spiro atoms. The number of benzene rings is 2. The van der Waals surface area contributed by atoms with Gasteiger partial charge in [-0.05, 0) is 74.4 Å². The van der Waals surface area contributed by atoms with Crippen LogP contribution in [-0.4, -0.2) is 31.4 Å². The van der Waals surface area contributed by atoms with Gasteiger partial charge in [0.25, 0.3) is 5.91 Å². The molecule has 0 aliphatic carbocycles. The molecule has 0 saturated carbocycles. The molecule has 0 aliphatic heterocycles. The normalized spacial score (nSPS) is 10.7. The number of carbonyl (C=O) groups is 1. The minimum atomic E-state index is -0.352. The second kappa shape index (κ2) is 8.34. The molecule has 126 valence electrons. The van der Waals surface area contributed by atoms with E-state index >= 15 is 0 Å². The smallest absolute Gasteiger partial charge is 0.271 e. The van der Waals surface area contributed by atoms with Crippen LogP contribution in [0.15, 0.2) is 39.9 Å². The summed E-state index contributed by atoms with van der Waals surface area (Å²) in [5.41, 5.74) is 3.57. The number of nitrogens with one attached hydrogen (secondary N) is 1. The van der Waals surface area contributed by atoms with E-state index in [1.54, 1.807) is 37.4 Å². The van der Waals surface area contributed by atoms with E-state index in [4.69, 9.17) is 9.47 Å². The zero-order chi connectivity index (χ0) is 17.7. The Labute approximate surface area is 161 Å². The molecule has 0 aliphatic rings. The number of phenolic OH excluding ortho intramolecular Hbond substituents is 1. The Morgan fingerprint density at radius 1 is 1.25 bits per heavy atom. The molecule has 0 aromatic heterocycles. The van der Waals surface area contributed by atoms with Gasteiger partial charge in [-0.25, -0.2) is 5.43 Å². The third-order valence-corrected chi connectivity index (χ3v) is 4.51. The van der Waals surface area contributed by atoms with Crippen LogP contribution >= 0.6 is 38.5 Å². The van der Waals surface area contributed by atoms with Crippen LogP contribution in [0, 0.1) is 3.57 Å². The molecule has 2 aromatic rings. The van der Waals surface area contributed by atoms with Gasteiger partial charge in [0, 0.05) is 5.56 Å². The van der Waals surface area contributed by atoms with Crippen LogP contribution in [0.3, 0.4) is 0 Å². The maximum atomic E-state index is 12.1. The van der Waals surface area contributed by atoms with E-state index in [0.717, 1.165) is 0 Å². The van der Waals surface area contributed by atoms with Crippen LogP contribution in [0.5, 0.6) is 17.2 Å². The van der Waals surface area contributed by atoms with Crippen LogP contribution in [0.4, 0.5) is 0 Å². The molecule has 0 heterocycles. The van der Waals surface area contributed by atoms with Gasteiger partial charge in [0.15, 0.2) is 11.5 Å². The molecular formula is C16H14BrIN2O4. The van der Waals surface area contributed by atoms with Crippen LogP contribution in [-0.2, 0) is 0 Å². The van der Waals surface area contributed by atoms with Crippen molar-refractivity contribution in [3.05, 3.63) is 49.5 Å². The summed E-state index contributed by atoms with van der Waals surface area (Å²) in [6, 6.07) is 8.32. The highest BCUT2D eigenvalue weighted by molar-refractivity contribution is 14.1. The second-order valence-electron chi connectivity index (χ2n) is 4.60. The second-order valence-corrected chi connectivity index (χ2v) is 6.62. The fraction of sp³-hybridized carbons (Fsp3) is 0.125. The van der Waals surface area contributed by atoms with Crippen molar-refractivity contribution in [2.24, 2.45) is 5.10 Å². The van der Waals surface area contributed by atoms with Gasteiger partial charge in [-0.1, -0.05) is 0 Å². The lowest BCUT2D eigenvalue weighted by molar-refractivity contribution is 0.0955. The molecule has 0 radical (unpaired) electrons. The zero-order valence-corrected chi connectivity index (χ0v) is 16.6. The van der Waals surface area contributed by atoms with Crippen LogP contribution in [0.25, 0.3) is 0 Å². The molecule has 24 heavy (non-hydrogen) atoms. The van der Waals surface area contributed by atoms with Gasteiger partial charge < -0.3 is 14.6 Å². The van der Waals surface area contributed by atoms with Gasteiger partial charge in [0.05, 0.1) is 28.5 Å². The fourth-order valence-electron chi connectivity index (χ4n) is 1.86. The number of hydrogen-bond donors (Lipinski definition) is 2. The molecule has 0 unspecified atom stereocenters. The van der Waals surface area contributed by atoms with Crippen LogP contribution in [0.2, 0.25) is 0 Å². The molecule has 2 N–H and O–H groups in total. The summed E-state index contributed by atoms with van der Waals surface area (Å²) in [4.78, 5) is 12.1. The predicted octanol–water partition coefficient (Wildman–Crippen LogP) is 3.54. The van der Waals surface area contributed by atoms with Crippen molar-refractivity contribution in [1.29, 1.82) is 0 Å². The highest BCUT2D eigenvalue weighted by Crippen LogP contribution is 2.31. The Balaban J connectivity index is 2.10. The number of hydrogen-bond acceptors (Lipinski definition) is 5. The first-order valence-corrected chi connectivity index (χ1v) is 8.57. The SMILES string of the molecule is COc1ccc(C(=O)NN=Cc2cc(I)c(O)c(OC)c2)cc1Br. The molecule has 2 rings (SSSR count). The summed E-state index contributed by atoms with van der Waals surface area (Å²) in [7, 11) is 3.02. The Bertz CT molecular complexity index is 796. The van der Waals surface area contributed by atoms with Crippen molar-refractivity contribution in [2.45, 2.75) is 0 Å². The van der Waals surface area contributed by atoms with E-state index in [1.165, 1.54) is 13.3 Å². The first-order chi connectivity index (χ1) is 11.5. The topological polar surface area (TPSA) is 80.2 Å². The van der Waals surface area contributed by atoms with E-state index in [0.29, 0.717) is 30.7 Å². The van der Waals surface area contributed by atoms with Crippen molar-refractivity contribution in [3.63, 3.8) is 0 Å². The van der Waals surface area contributed by atoms with E-state index < -0.39 is 0 Å². The number of ether oxygens (including phenoxy) is 2. The molecule has 0 saturated heterocycles. The Hall–Kier alpha value is -1.81. The molecule has 1 amide bonds. The standard InChI is InChI=1S/C16H14BrIN2O4/c1-23-13-4-3-10(7-11(13)17)16(22)20-19-8-9-5-12(18)15(21)14(6-9)24-2/h3-8,21H,1-2H3,(H,20,22). The zero-order valence-electron chi connectivity index (χ0n) is 12.8. The largest absolute Gasteiger partial charge is 0.504 e. The number of methoxy groups -OCH3 is 2.